The SMILES string of the molecule is Cc1[nH]c2ccccc2c1-c1c(-c2ccccc2)oc2cc(O)ccc12. The Morgan fingerprint density at radius 3 is 2.42 bits per heavy atom. The molecule has 5 rings (SSSR count). The summed E-state index contributed by atoms with van der Waals surface area (Å²) < 4.78 is 6.22. The molecule has 0 aliphatic carbocycles. The van der Waals surface area contributed by atoms with Crippen LogP contribution < -0.4 is 0 Å². The third-order valence-corrected chi connectivity index (χ3v) is 4.85. The molecule has 2 aromatic heterocycles. The third kappa shape index (κ3) is 2.14. The molecular weight excluding hydrogens is 322 g/mol. The number of nitrogens with one attached hydrogen (secondary N) is 1. The second-order valence-corrected chi connectivity index (χ2v) is 6.52. The quantitative estimate of drug-likeness (QED) is 0.398. The highest BCUT2D eigenvalue weighted by atomic mass is 16.3. The number of para-hydroxylation sites is 1. The van der Waals surface area contributed by atoms with E-state index in [0.717, 1.165) is 44.4 Å². The summed E-state index contributed by atoms with van der Waals surface area (Å²) in [4.78, 5) is 3.48. The maximum atomic E-state index is 9.89. The lowest BCUT2D eigenvalue weighted by Gasteiger charge is -2.05. The topological polar surface area (TPSA) is 49.2 Å². The van der Waals surface area contributed by atoms with Crippen molar-refractivity contribution in [3.8, 4) is 28.2 Å². The Balaban J connectivity index is 1.93. The molecule has 126 valence electrons. The van der Waals surface area contributed by atoms with E-state index < -0.39 is 0 Å². The number of hydrogen-bond donors (Lipinski definition) is 2. The van der Waals surface area contributed by atoms with Gasteiger partial charge in [-0.15, -0.1) is 0 Å². The Labute approximate surface area is 150 Å². The summed E-state index contributed by atoms with van der Waals surface area (Å²) in [5, 5.41) is 12.1. The maximum absolute atomic E-state index is 9.89. The van der Waals surface area contributed by atoms with Crippen LogP contribution in [-0.4, -0.2) is 10.1 Å². The Morgan fingerprint density at radius 2 is 1.58 bits per heavy atom. The lowest BCUT2D eigenvalue weighted by atomic mass is 9.96. The van der Waals surface area contributed by atoms with Gasteiger partial charge in [0.2, 0.25) is 0 Å². The minimum absolute atomic E-state index is 0.202. The van der Waals surface area contributed by atoms with E-state index in [1.54, 1.807) is 12.1 Å². The molecule has 0 unspecified atom stereocenters. The molecule has 2 N–H and O–H groups in total. The Kier molecular flexibility index (Phi) is 3.16. The Hall–Kier alpha value is -3.46. The van der Waals surface area contributed by atoms with Crippen molar-refractivity contribution < 1.29 is 9.52 Å². The summed E-state index contributed by atoms with van der Waals surface area (Å²) in [6.07, 6.45) is 0. The van der Waals surface area contributed by atoms with Gasteiger partial charge in [0.1, 0.15) is 17.1 Å². The number of furan rings is 1. The molecule has 0 bridgehead atoms. The van der Waals surface area contributed by atoms with Crippen LogP contribution in [-0.2, 0) is 0 Å². The van der Waals surface area contributed by atoms with Gasteiger partial charge in [-0.2, -0.15) is 0 Å². The molecule has 0 saturated carbocycles. The number of aryl methyl sites for hydroxylation is 1. The van der Waals surface area contributed by atoms with Gasteiger partial charge in [-0.05, 0) is 25.1 Å². The second kappa shape index (κ2) is 5.53. The Bertz CT molecular complexity index is 1250. The summed E-state index contributed by atoms with van der Waals surface area (Å²) in [7, 11) is 0. The van der Waals surface area contributed by atoms with E-state index in [2.05, 4.69) is 30.1 Å². The highest BCUT2D eigenvalue weighted by molar-refractivity contribution is 6.10. The molecule has 0 amide bonds. The molecule has 0 atom stereocenters. The molecule has 3 nitrogen and oxygen atoms in total. The first-order valence-corrected chi connectivity index (χ1v) is 8.61. The van der Waals surface area contributed by atoms with Gasteiger partial charge < -0.3 is 14.5 Å². The van der Waals surface area contributed by atoms with Crippen molar-refractivity contribution in [3.05, 3.63) is 78.5 Å². The highest BCUT2D eigenvalue weighted by Crippen LogP contribution is 2.45. The summed E-state index contributed by atoms with van der Waals surface area (Å²) >= 11 is 0. The van der Waals surface area contributed by atoms with E-state index >= 15 is 0 Å². The smallest absolute Gasteiger partial charge is 0.143 e. The van der Waals surface area contributed by atoms with Crippen molar-refractivity contribution in [2.45, 2.75) is 6.92 Å². The number of aromatic hydroxyl groups is 1. The summed E-state index contributed by atoms with van der Waals surface area (Å²) in [6, 6.07) is 23.7. The van der Waals surface area contributed by atoms with Crippen molar-refractivity contribution >= 4 is 21.9 Å². The second-order valence-electron chi connectivity index (χ2n) is 6.52. The Morgan fingerprint density at radius 1 is 0.808 bits per heavy atom. The van der Waals surface area contributed by atoms with Gasteiger partial charge in [-0.25, -0.2) is 0 Å². The van der Waals surface area contributed by atoms with Crippen LogP contribution in [0.15, 0.2) is 77.2 Å². The van der Waals surface area contributed by atoms with Gasteiger partial charge in [0.15, 0.2) is 0 Å². The largest absolute Gasteiger partial charge is 0.508 e. The number of phenols is 1. The van der Waals surface area contributed by atoms with Gasteiger partial charge in [0, 0.05) is 44.7 Å². The van der Waals surface area contributed by atoms with Crippen LogP contribution in [0.1, 0.15) is 5.69 Å². The van der Waals surface area contributed by atoms with E-state index in [1.807, 2.05) is 42.5 Å². The van der Waals surface area contributed by atoms with Crippen LogP contribution in [0.4, 0.5) is 0 Å². The zero-order valence-electron chi connectivity index (χ0n) is 14.3. The molecule has 0 spiro atoms. The zero-order valence-corrected chi connectivity index (χ0v) is 14.3. The standard InChI is InChI=1S/C23H17NO2/c1-14-21(17-9-5-6-10-19(17)24-14)22-18-12-11-16(25)13-20(18)26-23(22)15-7-3-2-4-8-15/h2-13,24-25H,1H3. The molecule has 0 aliphatic rings. The van der Waals surface area contributed by atoms with Crippen molar-refractivity contribution in [3.63, 3.8) is 0 Å². The first-order valence-electron chi connectivity index (χ1n) is 8.61. The van der Waals surface area contributed by atoms with Crippen molar-refractivity contribution in [2.24, 2.45) is 0 Å². The molecule has 0 aliphatic heterocycles. The van der Waals surface area contributed by atoms with Crippen LogP contribution in [0.3, 0.4) is 0 Å². The summed E-state index contributed by atoms with van der Waals surface area (Å²) in [5.41, 5.74) is 6.10. The lowest BCUT2D eigenvalue weighted by molar-refractivity contribution is 0.474. The van der Waals surface area contributed by atoms with Gasteiger partial charge in [-0.1, -0.05) is 48.5 Å². The lowest BCUT2D eigenvalue weighted by Crippen LogP contribution is -1.83. The molecule has 3 heteroatoms. The van der Waals surface area contributed by atoms with Gasteiger partial charge in [-0.3, -0.25) is 0 Å². The van der Waals surface area contributed by atoms with Crippen LogP contribution >= 0.6 is 0 Å². The van der Waals surface area contributed by atoms with Crippen LogP contribution in [0.25, 0.3) is 44.3 Å². The number of rotatable bonds is 2. The monoisotopic (exact) mass is 339 g/mol. The first kappa shape index (κ1) is 14.8. The van der Waals surface area contributed by atoms with E-state index in [4.69, 9.17) is 4.42 Å². The van der Waals surface area contributed by atoms with E-state index in [9.17, 15) is 5.11 Å². The summed E-state index contributed by atoms with van der Waals surface area (Å²) in [6.45, 7) is 2.09. The van der Waals surface area contributed by atoms with Gasteiger partial charge in [0.25, 0.3) is 0 Å². The van der Waals surface area contributed by atoms with Crippen molar-refractivity contribution in [1.82, 2.24) is 4.98 Å². The number of hydrogen-bond acceptors (Lipinski definition) is 2. The molecule has 2 heterocycles. The fraction of sp³-hybridized carbons (Fsp3) is 0.0435. The summed E-state index contributed by atoms with van der Waals surface area (Å²) in [5.74, 6) is 1.02. The predicted molar refractivity (Wildman–Crippen MR) is 105 cm³/mol. The van der Waals surface area contributed by atoms with E-state index in [1.165, 1.54) is 0 Å². The number of benzene rings is 3. The number of aromatic nitrogens is 1. The minimum Gasteiger partial charge on any atom is -0.508 e. The van der Waals surface area contributed by atoms with Crippen molar-refractivity contribution in [2.75, 3.05) is 0 Å². The normalized spacial score (nSPS) is 11.4. The number of H-pyrrole nitrogens is 1. The molecule has 3 aromatic carbocycles. The third-order valence-electron chi connectivity index (χ3n) is 4.85. The molecule has 0 saturated heterocycles. The van der Waals surface area contributed by atoms with Gasteiger partial charge in [0.05, 0.1) is 0 Å². The average Bonchev–Trinajstić information content (AvgIpc) is 3.18. The van der Waals surface area contributed by atoms with E-state index in [-0.39, 0.29) is 5.75 Å². The van der Waals surface area contributed by atoms with E-state index in [0.29, 0.717) is 5.58 Å². The predicted octanol–water partition coefficient (Wildman–Crippen LogP) is 6.26. The molecule has 0 fully saturated rings. The molecule has 26 heavy (non-hydrogen) atoms. The molecule has 0 radical (unpaired) electrons. The fourth-order valence-corrected chi connectivity index (χ4v) is 3.73. The first-order chi connectivity index (χ1) is 12.7. The van der Waals surface area contributed by atoms with Gasteiger partial charge >= 0.3 is 0 Å². The number of phenolic OH excluding ortho intramolecular Hbond substituents is 1. The molecule has 5 aromatic rings. The van der Waals surface area contributed by atoms with Crippen molar-refractivity contribution in [1.29, 1.82) is 0 Å². The maximum Gasteiger partial charge on any atom is 0.143 e. The minimum atomic E-state index is 0.202. The van der Waals surface area contributed by atoms with Crippen LogP contribution in [0.2, 0.25) is 0 Å². The zero-order chi connectivity index (χ0) is 17.7. The number of aromatic amines is 1. The van der Waals surface area contributed by atoms with Crippen LogP contribution in [0, 0.1) is 6.92 Å². The fourth-order valence-electron chi connectivity index (χ4n) is 3.73. The number of fused-ring (bicyclic) bond motifs is 2. The molecular formula is C23H17NO2. The average molecular weight is 339 g/mol. The highest BCUT2D eigenvalue weighted by Gasteiger charge is 2.22. The van der Waals surface area contributed by atoms with Crippen LogP contribution in [0.5, 0.6) is 5.75 Å².